The van der Waals surface area contributed by atoms with E-state index in [2.05, 4.69) is 0 Å². The highest BCUT2D eigenvalue weighted by Gasteiger charge is 2.33. The Morgan fingerprint density at radius 2 is 1.89 bits per heavy atom. The summed E-state index contributed by atoms with van der Waals surface area (Å²) in [5.41, 5.74) is 4.65. The Bertz CT molecular complexity index is 752. The lowest BCUT2D eigenvalue weighted by atomic mass is 9.74. The van der Waals surface area contributed by atoms with Crippen LogP contribution in [0.15, 0.2) is 6.07 Å². The molecule has 6 heteroatoms. The van der Waals surface area contributed by atoms with Crippen molar-refractivity contribution < 1.29 is 24.5 Å². The average Bonchev–Trinajstić information content (AvgIpc) is 2.68. The minimum absolute atomic E-state index is 0.0632. The number of carbonyl (C=O) groups excluding carboxylic acids is 1. The van der Waals surface area contributed by atoms with Crippen LogP contribution in [0.5, 0.6) is 5.75 Å². The molecule has 1 amide bonds. The number of likely N-dealkylation sites (tertiary alicyclic amines) is 1. The number of fused-ring (bicyclic) bond motifs is 1. The molecule has 2 N–H and O–H groups in total. The summed E-state index contributed by atoms with van der Waals surface area (Å²) in [6, 6.07) is 1.94. The number of hydrogen-bond donors (Lipinski definition) is 2. The van der Waals surface area contributed by atoms with E-state index in [1.54, 1.807) is 0 Å². The van der Waals surface area contributed by atoms with Crippen molar-refractivity contribution in [2.45, 2.75) is 59.0 Å². The molecule has 0 radical (unpaired) electrons. The van der Waals surface area contributed by atoms with Crippen LogP contribution in [0.3, 0.4) is 0 Å². The van der Waals surface area contributed by atoms with Crippen LogP contribution in [0.4, 0.5) is 0 Å². The Labute approximate surface area is 166 Å². The van der Waals surface area contributed by atoms with Crippen molar-refractivity contribution in [3.05, 3.63) is 28.3 Å². The minimum atomic E-state index is -0.987. The van der Waals surface area contributed by atoms with Crippen molar-refractivity contribution in [1.29, 1.82) is 0 Å². The lowest BCUT2D eigenvalue weighted by molar-refractivity contribution is -0.140. The van der Waals surface area contributed by atoms with E-state index in [-0.39, 0.29) is 30.5 Å². The van der Waals surface area contributed by atoms with Crippen molar-refractivity contribution in [2.75, 3.05) is 19.7 Å². The fraction of sp³-hybridized carbons (Fsp3) is 0.636. The number of carboxylic acids is 1. The maximum absolute atomic E-state index is 13.0. The monoisotopic (exact) mass is 389 g/mol. The number of carboxylic acid groups (broad SMARTS) is 1. The molecule has 0 spiro atoms. The second kappa shape index (κ2) is 8.52. The smallest absolute Gasteiger partial charge is 0.341 e. The van der Waals surface area contributed by atoms with Crippen LogP contribution in [-0.4, -0.2) is 52.8 Å². The van der Waals surface area contributed by atoms with Gasteiger partial charge in [-0.1, -0.05) is 6.92 Å². The molecule has 0 aromatic heterocycles. The van der Waals surface area contributed by atoms with Crippen LogP contribution >= 0.6 is 0 Å². The maximum atomic E-state index is 13.0. The summed E-state index contributed by atoms with van der Waals surface area (Å²) >= 11 is 0. The van der Waals surface area contributed by atoms with E-state index in [4.69, 9.17) is 9.84 Å². The average molecular weight is 389 g/mol. The van der Waals surface area contributed by atoms with E-state index in [0.29, 0.717) is 31.7 Å². The third kappa shape index (κ3) is 4.32. The first-order valence-corrected chi connectivity index (χ1v) is 10.2. The number of nitrogens with zero attached hydrogens (tertiary/aromatic N) is 1. The molecule has 1 aliphatic carbocycles. The molecule has 28 heavy (non-hydrogen) atoms. The molecule has 0 saturated carbocycles. The molecule has 0 unspecified atom stereocenters. The summed E-state index contributed by atoms with van der Waals surface area (Å²) in [6.07, 6.45) is 3.77. The zero-order valence-corrected chi connectivity index (χ0v) is 17.0. The van der Waals surface area contributed by atoms with Gasteiger partial charge in [0.05, 0.1) is 6.10 Å². The third-order valence-electron chi connectivity index (χ3n) is 6.47. The molecule has 1 saturated heterocycles. The van der Waals surface area contributed by atoms with Crippen LogP contribution in [-0.2, 0) is 22.4 Å². The predicted molar refractivity (Wildman–Crippen MR) is 106 cm³/mol. The number of ether oxygens (including phenoxy) is 1. The van der Waals surface area contributed by atoms with Crippen LogP contribution in [0.1, 0.15) is 48.4 Å². The first kappa shape index (κ1) is 20.6. The number of aliphatic hydroxyl groups excluding tert-OH is 1. The molecule has 1 aromatic rings. The highest BCUT2D eigenvalue weighted by Crippen LogP contribution is 2.38. The van der Waals surface area contributed by atoms with Crippen molar-refractivity contribution in [3.8, 4) is 5.75 Å². The van der Waals surface area contributed by atoms with Gasteiger partial charge in [0.1, 0.15) is 5.75 Å². The van der Waals surface area contributed by atoms with Gasteiger partial charge in [-0.3, -0.25) is 4.79 Å². The molecule has 0 bridgehead atoms. The van der Waals surface area contributed by atoms with E-state index in [1.165, 1.54) is 11.1 Å². The molecule has 1 aliphatic heterocycles. The van der Waals surface area contributed by atoms with Crippen LogP contribution < -0.4 is 4.74 Å². The fourth-order valence-corrected chi connectivity index (χ4v) is 4.62. The molecule has 3 rings (SSSR count). The second-order valence-electron chi connectivity index (χ2n) is 8.30. The second-order valence-corrected chi connectivity index (χ2v) is 8.30. The number of aliphatic carboxylic acids is 1. The third-order valence-corrected chi connectivity index (χ3v) is 6.47. The van der Waals surface area contributed by atoms with E-state index in [9.17, 15) is 14.7 Å². The number of amides is 1. The highest BCUT2D eigenvalue weighted by molar-refractivity contribution is 5.79. The van der Waals surface area contributed by atoms with Gasteiger partial charge in [-0.25, -0.2) is 4.79 Å². The summed E-state index contributed by atoms with van der Waals surface area (Å²) in [7, 11) is 0. The molecule has 1 heterocycles. The number of rotatable bonds is 5. The Morgan fingerprint density at radius 3 is 2.54 bits per heavy atom. The van der Waals surface area contributed by atoms with Gasteiger partial charge in [-0.15, -0.1) is 0 Å². The molecule has 2 atom stereocenters. The topological polar surface area (TPSA) is 87.1 Å². The van der Waals surface area contributed by atoms with Gasteiger partial charge in [0.25, 0.3) is 0 Å². The van der Waals surface area contributed by atoms with Crippen LogP contribution in [0, 0.1) is 25.7 Å². The predicted octanol–water partition coefficient (Wildman–Crippen LogP) is 2.49. The van der Waals surface area contributed by atoms with Gasteiger partial charge in [-0.2, -0.15) is 0 Å². The maximum Gasteiger partial charge on any atom is 0.341 e. The standard InChI is InChI=1S/C22H31NO5/c1-13-10-20(28-12-21(25)26)15(3)19-11-16(4-5-18(13)19)14(2)22(27)23-8-6-17(24)7-9-23/h10,14,16-17,24H,4-9,11-12H2,1-3H3,(H,25,26)/t14-,16+/m0/s1. The first-order chi connectivity index (χ1) is 13.3. The quantitative estimate of drug-likeness (QED) is 0.808. The largest absolute Gasteiger partial charge is 0.482 e. The summed E-state index contributed by atoms with van der Waals surface area (Å²) < 4.78 is 5.50. The number of piperidine rings is 1. The molecule has 1 aromatic carbocycles. The molecular weight excluding hydrogens is 358 g/mol. The lowest BCUT2D eigenvalue weighted by Crippen LogP contribution is -2.44. The van der Waals surface area contributed by atoms with Crippen molar-refractivity contribution in [3.63, 3.8) is 0 Å². The van der Waals surface area contributed by atoms with Gasteiger partial charge in [0.15, 0.2) is 6.61 Å². The van der Waals surface area contributed by atoms with Gasteiger partial charge >= 0.3 is 5.97 Å². The van der Waals surface area contributed by atoms with Crippen LogP contribution in [0.25, 0.3) is 0 Å². The Hall–Kier alpha value is -2.08. The highest BCUT2D eigenvalue weighted by atomic mass is 16.5. The number of benzene rings is 1. The fourth-order valence-electron chi connectivity index (χ4n) is 4.62. The molecule has 154 valence electrons. The normalized spacial score (nSPS) is 21.1. The minimum Gasteiger partial charge on any atom is -0.482 e. The summed E-state index contributed by atoms with van der Waals surface area (Å²) in [6.45, 7) is 6.97. The van der Waals surface area contributed by atoms with E-state index < -0.39 is 5.97 Å². The van der Waals surface area contributed by atoms with Crippen molar-refractivity contribution >= 4 is 11.9 Å². The number of carbonyl (C=O) groups is 2. The Kier molecular flexibility index (Phi) is 6.28. The van der Waals surface area contributed by atoms with E-state index >= 15 is 0 Å². The van der Waals surface area contributed by atoms with E-state index in [0.717, 1.165) is 30.4 Å². The summed E-state index contributed by atoms with van der Waals surface area (Å²) in [5, 5.41) is 18.6. The number of hydrogen-bond acceptors (Lipinski definition) is 4. The van der Waals surface area contributed by atoms with Crippen molar-refractivity contribution in [1.82, 2.24) is 4.90 Å². The Morgan fingerprint density at radius 1 is 1.21 bits per heavy atom. The summed E-state index contributed by atoms with van der Waals surface area (Å²) in [4.78, 5) is 25.7. The van der Waals surface area contributed by atoms with Gasteiger partial charge in [0.2, 0.25) is 5.91 Å². The molecular formula is C22H31NO5. The number of aryl methyl sites for hydroxylation is 1. The Balaban J connectivity index is 1.75. The summed E-state index contributed by atoms with van der Waals surface area (Å²) in [5.74, 6) is 0.0289. The van der Waals surface area contributed by atoms with E-state index in [1.807, 2.05) is 31.7 Å². The zero-order chi connectivity index (χ0) is 20.4. The SMILES string of the molecule is Cc1cc(OCC(=O)O)c(C)c2c1CC[C@@H]([C@H](C)C(=O)N1CCC(O)CC1)C2. The zero-order valence-electron chi connectivity index (χ0n) is 17.0. The van der Waals surface area contributed by atoms with Gasteiger partial charge in [0, 0.05) is 19.0 Å². The van der Waals surface area contributed by atoms with Crippen LogP contribution in [0.2, 0.25) is 0 Å². The van der Waals surface area contributed by atoms with Gasteiger partial charge in [-0.05, 0) is 80.2 Å². The number of aliphatic hydroxyl groups is 1. The molecule has 1 fully saturated rings. The van der Waals surface area contributed by atoms with Crippen molar-refractivity contribution in [2.24, 2.45) is 11.8 Å². The molecule has 6 nitrogen and oxygen atoms in total. The lowest BCUT2D eigenvalue weighted by Gasteiger charge is -2.36. The first-order valence-electron chi connectivity index (χ1n) is 10.2. The van der Waals surface area contributed by atoms with Gasteiger partial charge < -0.3 is 19.8 Å². The molecule has 2 aliphatic rings.